The summed E-state index contributed by atoms with van der Waals surface area (Å²) in [4.78, 5) is -0.739. The van der Waals surface area contributed by atoms with Gasteiger partial charge in [-0.05, 0) is 24.1 Å². The summed E-state index contributed by atoms with van der Waals surface area (Å²) < 4.78 is 52.9. The van der Waals surface area contributed by atoms with Gasteiger partial charge in [0, 0.05) is 12.0 Å². The van der Waals surface area contributed by atoms with Crippen molar-refractivity contribution in [2.75, 3.05) is 6.54 Å². The predicted molar refractivity (Wildman–Crippen MR) is 76.2 cm³/mol. The molecule has 0 saturated carbocycles. The number of sulfonamides is 1. The van der Waals surface area contributed by atoms with Crippen LogP contribution in [0.15, 0.2) is 23.1 Å². The zero-order chi connectivity index (χ0) is 16.4. The molecule has 0 aliphatic rings. The van der Waals surface area contributed by atoms with Gasteiger partial charge in [-0.15, -0.1) is 0 Å². The van der Waals surface area contributed by atoms with Gasteiger partial charge in [-0.1, -0.05) is 27.7 Å². The van der Waals surface area contributed by atoms with Crippen molar-refractivity contribution in [2.24, 2.45) is 11.3 Å². The first-order valence-corrected chi connectivity index (χ1v) is 8.08. The van der Waals surface area contributed by atoms with Crippen LogP contribution in [0.4, 0.5) is 8.78 Å². The Morgan fingerprint density at radius 3 is 2.38 bits per heavy atom. The lowest BCUT2D eigenvalue weighted by Crippen LogP contribution is -2.43. The van der Waals surface area contributed by atoms with Crippen LogP contribution in [0.5, 0.6) is 0 Å². The van der Waals surface area contributed by atoms with Crippen LogP contribution in [0.25, 0.3) is 0 Å². The number of aliphatic hydroxyl groups excluding tert-OH is 1. The van der Waals surface area contributed by atoms with Gasteiger partial charge < -0.3 is 5.11 Å². The third kappa shape index (κ3) is 4.46. The quantitative estimate of drug-likeness (QED) is 0.845. The standard InChI is InChI=1S/C14H21F2NO3S/c1-9(2)13(18)14(3,4)8-17-21(19,20)12-7-10(15)5-6-11(12)16/h5-7,9,13,17-18H,8H2,1-4H3. The molecule has 1 aromatic carbocycles. The molecule has 120 valence electrons. The van der Waals surface area contributed by atoms with Crippen molar-refractivity contribution < 1.29 is 22.3 Å². The van der Waals surface area contributed by atoms with Crippen LogP contribution in [0, 0.1) is 23.0 Å². The molecule has 1 aromatic rings. The third-order valence-corrected chi connectivity index (χ3v) is 4.75. The van der Waals surface area contributed by atoms with Crippen LogP contribution in [0.2, 0.25) is 0 Å². The Morgan fingerprint density at radius 1 is 1.29 bits per heavy atom. The summed E-state index contributed by atoms with van der Waals surface area (Å²) in [5, 5.41) is 10.1. The first kappa shape index (κ1) is 18.0. The Bertz CT molecular complexity index is 600. The lowest BCUT2D eigenvalue weighted by Gasteiger charge is -2.33. The van der Waals surface area contributed by atoms with E-state index in [2.05, 4.69) is 4.72 Å². The SMILES string of the molecule is CC(C)C(O)C(C)(C)CNS(=O)(=O)c1cc(F)ccc1F. The van der Waals surface area contributed by atoms with Crippen LogP contribution < -0.4 is 4.72 Å². The molecule has 0 saturated heterocycles. The van der Waals surface area contributed by atoms with Gasteiger partial charge in [-0.3, -0.25) is 0 Å². The van der Waals surface area contributed by atoms with E-state index in [1.165, 1.54) is 0 Å². The minimum atomic E-state index is -4.18. The monoisotopic (exact) mass is 321 g/mol. The Kier molecular flexibility index (Phi) is 5.46. The summed E-state index contributed by atoms with van der Waals surface area (Å²) in [6.45, 7) is 6.93. The maximum Gasteiger partial charge on any atom is 0.243 e. The Balaban J connectivity index is 2.94. The van der Waals surface area contributed by atoms with Crippen molar-refractivity contribution in [3.05, 3.63) is 29.8 Å². The van der Waals surface area contributed by atoms with E-state index >= 15 is 0 Å². The Morgan fingerprint density at radius 2 is 1.86 bits per heavy atom. The maximum absolute atomic E-state index is 13.5. The van der Waals surface area contributed by atoms with E-state index < -0.39 is 38.1 Å². The highest BCUT2D eigenvalue weighted by molar-refractivity contribution is 7.89. The fraction of sp³-hybridized carbons (Fsp3) is 0.571. The second kappa shape index (κ2) is 6.37. The fourth-order valence-electron chi connectivity index (χ4n) is 2.05. The van der Waals surface area contributed by atoms with Crippen molar-refractivity contribution in [3.63, 3.8) is 0 Å². The molecule has 0 radical (unpaired) electrons. The van der Waals surface area contributed by atoms with Crippen molar-refractivity contribution in [3.8, 4) is 0 Å². The normalized spacial score (nSPS) is 14.5. The molecule has 0 bridgehead atoms. The molecule has 1 rings (SSSR count). The van der Waals surface area contributed by atoms with E-state index in [1.54, 1.807) is 13.8 Å². The van der Waals surface area contributed by atoms with Gasteiger partial charge in [0.25, 0.3) is 0 Å². The van der Waals surface area contributed by atoms with Gasteiger partial charge >= 0.3 is 0 Å². The average molecular weight is 321 g/mol. The van der Waals surface area contributed by atoms with Crippen molar-refractivity contribution >= 4 is 10.0 Å². The molecule has 0 aliphatic heterocycles. The van der Waals surface area contributed by atoms with Gasteiger partial charge in [0.15, 0.2) is 0 Å². The van der Waals surface area contributed by atoms with Crippen LogP contribution in [-0.2, 0) is 10.0 Å². The second-order valence-corrected chi connectivity index (χ2v) is 7.81. The molecule has 1 unspecified atom stereocenters. The molecule has 2 N–H and O–H groups in total. The van der Waals surface area contributed by atoms with Crippen LogP contribution in [0.3, 0.4) is 0 Å². The Labute approximate surface area is 124 Å². The average Bonchev–Trinajstić information content (AvgIpc) is 2.38. The van der Waals surface area contributed by atoms with Gasteiger partial charge in [0.1, 0.15) is 16.5 Å². The second-order valence-electron chi connectivity index (χ2n) is 6.08. The molecular weight excluding hydrogens is 300 g/mol. The van der Waals surface area contributed by atoms with Gasteiger partial charge in [0.05, 0.1) is 6.10 Å². The zero-order valence-corrected chi connectivity index (χ0v) is 13.3. The maximum atomic E-state index is 13.5. The zero-order valence-electron chi connectivity index (χ0n) is 12.5. The molecule has 0 aromatic heterocycles. The van der Waals surface area contributed by atoms with Crippen molar-refractivity contribution in [2.45, 2.75) is 38.7 Å². The van der Waals surface area contributed by atoms with Crippen LogP contribution in [-0.4, -0.2) is 26.2 Å². The fourth-order valence-corrected chi connectivity index (χ4v) is 3.36. The van der Waals surface area contributed by atoms with E-state index in [1.807, 2.05) is 13.8 Å². The molecule has 7 heteroatoms. The molecule has 0 fully saturated rings. The van der Waals surface area contributed by atoms with Crippen molar-refractivity contribution in [1.82, 2.24) is 4.72 Å². The van der Waals surface area contributed by atoms with Crippen LogP contribution in [0.1, 0.15) is 27.7 Å². The summed E-state index contributed by atoms with van der Waals surface area (Å²) in [7, 11) is -4.18. The van der Waals surface area contributed by atoms with Gasteiger partial charge in [-0.2, -0.15) is 0 Å². The van der Waals surface area contributed by atoms with E-state index in [-0.39, 0.29) is 12.5 Å². The number of halogens is 2. The number of rotatable bonds is 6. The highest BCUT2D eigenvalue weighted by atomic mass is 32.2. The summed E-state index contributed by atoms with van der Waals surface area (Å²) in [5.41, 5.74) is -0.745. The van der Waals surface area contributed by atoms with E-state index in [0.717, 1.165) is 12.1 Å². The molecule has 21 heavy (non-hydrogen) atoms. The first-order valence-electron chi connectivity index (χ1n) is 6.60. The lowest BCUT2D eigenvalue weighted by atomic mass is 9.81. The number of benzene rings is 1. The largest absolute Gasteiger partial charge is 0.392 e. The highest BCUT2D eigenvalue weighted by Gasteiger charge is 2.32. The number of hydrogen-bond acceptors (Lipinski definition) is 3. The summed E-state index contributed by atoms with van der Waals surface area (Å²) in [6.07, 6.45) is -0.738. The third-order valence-electron chi connectivity index (χ3n) is 3.33. The van der Waals surface area contributed by atoms with E-state index in [4.69, 9.17) is 0 Å². The smallest absolute Gasteiger partial charge is 0.243 e. The predicted octanol–water partition coefficient (Wildman–Crippen LogP) is 2.29. The van der Waals surface area contributed by atoms with E-state index in [9.17, 15) is 22.3 Å². The Hall–Kier alpha value is -1.05. The summed E-state index contributed by atoms with van der Waals surface area (Å²) in [5.74, 6) is -1.92. The number of hydrogen-bond donors (Lipinski definition) is 2. The topological polar surface area (TPSA) is 66.4 Å². The molecule has 0 spiro atoms. The number of nitrogens with one attached hydrogen (secondary N) is 1. The minimum absolute atomic E-state index is 0.0598. The summed E-state index contributed by atoms with van der Waals surface area (Å²) >= 11 is 0. The van der Waals surface area contributed by atoms with Gasteiger partial charge in [0.2, 0.25) is 10.0 Å². The van der Waals surface area contributed by atoms with Crippen molar-refractivity contribution in [1.29, 1.82) is 0 Å². The highest BCUT2D eigenvalue weighted by Crippen LogP contribution is 2.26. The summed E-state index contributed by atoms with van der Waals surface area (Å²) in [6, 6.07) is 2.24. The van der Waals surface area contributed by atoms with Gasteiger partial charge in [-0.25, -0.2) is 21.9 Å². The lowest BCUT2D eigenvalue weighted by molar-refractivity contribution is 0.0166. The van der Waals surface area contributed by atoms with E-state index in [0.29, 0.717) is 6.07 Å². The molecule has 0 amide bonds. The number of aliphatic hydroxyl groups is 1. The molecule has 0 heterocycles. The molecule has 1 atom stereocenters. The van der Waals surface area contributed by atoms with Crippen LogP contribution >= 0.6 is 0 Å². The molecule has 4 nitrogen and oxygen atoms in total. The molecular formula is C14H21F2NO3S. The molecule has 0 aliphatic carbocycles. The minimum Gasteiger partial charge on any atom is -0.392 e. The first-order chi connectivity index (χ1) is 9.47.